The molecule has 0 unspecified atom stereocenters. The van der Waals surface area contributed by atoms with Crippen LogP contribution in [-0.2, 0) is 10.3 Å². The highest BCUT2D eigenvalue weighted by Crippen LogP contribution is 2.39. The molecule has 0 saturated carbocycles. The van der Waals surface area contributed by atoms with Gasteiger partial charge in [-0.25, -0.2) is 4.99 Å². The maximum Gasteiger partial charge on any atom is 0.266 e. The molecule has 1 amide bonds. The van der Waals surface area contributed by atoms with Crippen molar-refractivity contribution >= 4 is 18.1 Å². The summed E-state index contributed by atoms with van der Waals surface area (Å²) >= 11 is 0. The number of carbonyl (C=O) groups is 1. The topological polar surface area (TPSA) is 71.0 Å². The van der Waals surface area contributed by atoms with E-state index in [0.29, 0.717) is 6.54 Å². The molecule has 0 saturated heterocycles. The fourth-order valence-corrected chi connectivity index (χ4v) is 3.14. The highest BCUT2D eigenvalue weighted by Gasteiger charge is 2.50. The van der Waals surface area contributed by atoms with Crippen molar-refractivity contribution < 1.29 is 4.79 Å². The molecule has 2 N–H and O–H groups in total. The number of benzene rings is 2. The van der Waals surface area contributed by atoms with E-state index in [0.717, 1.165) is 16.7 Å². The number of carbonyl (C=O) groups excluding carboxylic acids is 1. The first kappa shape index (κ1) is 17.6. The molecule has 0 atom stereocenters. The van der Waals surface area contributed by atoms with Crippen molar-refractivity contribution in [1.29, 1.82) is 0 Å². The van der Waals surface area contributed by atoms with Gasteiger partial charge in [0.15, 0.2) is 11.5 Å². The zero-order valence-electron chi connectivity index (χ0n) is 15.0. The molecule has 0 spiro atoms. The van der Waals surface area contributed by atoms with Crippen molar-refractivity contribution in [3.05, 3.63) is 83.4 Å². The van der Waals surface area contributed by atoms with Gasteiger partial charge < -0.3 is 5.73 Å². The van der Waals surface area contributed by atoms with Crippen molar-refractivity contribution in [3.8, 4) is 0 Å². The number of allylic oxidation sites excluding steroid dienone is 1. The van der Waals surface area contributed by atoms with E-state index in [1.54, 1.807) is 13.3 Å². The van der Waals surface area contributed by atoms with E-state index in [-0.39, 0.29) is 11.9 Å². The van der Waals surface area contributed by atoms with Crippen LogP contribution in [0.2, 0.25) is 0 Å². The van der Waals surface area contributed by atoms with E-state index in [2.05, 4.69) is 9.98 Å². The lowest BCUT2D eigenvalue weighted by Gasteiger charge is -2.27. The zero-order valence-corrected chi connectivity index (χ0v) is 15.0. The van der Waals surface area contributed by atoms with Crippen LogP contribution in [-0.4, -0.2) is 36.6 Å². The van der Waals surface area contributed by atoms with E-state index in [1.807, 2.05) is 73.7 Å². The molecule has 5 heteroatoms. The van der Waals surface area contributed by atoms with Crippen molar-refractivity contribution in [2.45, 2.75) is 12.5 Å². The van der Waals surface area contributed by atoms with Gasteiger partial charge in [-0.3, -0.25) is 14.7 Å². The van der Waals surface area contributed by atoms with Gasteiger partial charge in [-0.1, -0.05) is 66.2 Å². The van der Waals surface area contributed by atoms with Crippen molar-refractivity contribution in [2.24, 2.45) is 15.7 Å². The normalized spacial score (nSPS) is 17.0. The number of amides is 1. The molecular weight excluding hydrogens is 324 g/mol. The number of aliphatic imine (C=N–C) groups is 2. The average Bonchev–Trinajstić information content (AvgIpc) is 2.93. The van der Waals surface area contributed by atoms with Crippen LogP contribution in [0.5, 0.6) is 0 Å². The summed E-state index contributed by atoms with van der Waals surface area (Å²) in [6.45, 7) is 2.31. The highest BCUT2D eigenvalue weighted by molar-refractivity contribution is 6.09. The Hall–Kier alpha value is -3.21. The van der Waals surface area contributed by atoms with Crippen molar-refractivity contribution in [3.63, 3.8) is 0 Å². The van der Waals surface area contributed by atoms with E-state index >= 15 is 0 Å². The van der Waals surface area contributed by atoms with Crippen LogP contribution in [0.3, 0.4) is 0 Å². The van der Waals surface area contributed by atoms with Crippen LogP contribution in [0.1, 0.15) is 18.1 Å². The Kier molecular flexibility index (Phi) is 4.98. The van der Waals surface area contributed by atoms with Crippen LogP contribution >= 0.6 is 0 Å². The Morgan fingerprint density at radius 3 is 2.15 bits per heavy atom. The second-order valence-corrected chi connectivity index (χ2v) is 6.22. The predicted molar refractivity (Wildman–Crippen MR) is 105 cm³/mol. The first-order valence-corrected chi connectivity index (χ1v) is 8.46. The molecule has 0 aliphatic carbocycles. The molecule has 3 rings (SSSR count). The monoisotopic (exact) mass is 346 g/mol. The minimum absolute atomic E-state index is 0.145. The SMILES string of the molecule is CN=C/C=C(\C)CN1C(=O)C(c2ccccc2)(c2ccccc2)N=C1N. The third-order valence-corrected chi connectivity index (χ3v) is 4.41. The van der Waals surface area contributed by atoms with E-state index in [9.17, 15) is 4.79 Å². The largest absolute Gasteiger partial charge is 0.369 e. The molecule has 132 valence electrons. The van der Waals surface area contributed by atoms with Gasteiger partial charge in [0.05, 0.1) is 0 Å². The Labute approximate surface area is 153 Å². The maximum absolute atomic E-state index is 13.5. The van der Waals surface area contributed by atoms with Gasteiger partial charge in [0.1, 0.15) is 0 Å². The summed E-state index contributed by atoms with van der Waals surface area (Å²) in [6.07, 6.45) is 3.57. The smallest absolute Gasteiger partial charge is 0.266 e. The minimum atomic E-state index is -1.15. The Morgan fingerprint density at radius 1 is 1.12 bits per heavy atom. The van der Waals surface area contributed by atoms with Crippen LogP contribution in [0.25, 0.3) is 0 Å². The van der Waals surface area contributed by atoms with Gasteiger partial charge in [-0.2, -0.15) is 0 Å². The van der Waals surface area contributed by atoms with Crippen LogP contribution in [0, 0.1) is 0 Å². The Morgan fingerprint density at radius 2 is 1.65 bits per heavy atom. The summed E-state index contributed by atoms with van der Waals surface area (Å²) in [5.41, 5.74) is 7.62. The van der Waals surface area contributed by atoms with Gasteiger partial charge in [0.25, 0.3) is 5.91 Å². The van der Waals surface area contributed by atoms with Crippen molar-refractivity contribution in [2.75, 3.05) is 13.6 Å². The lowest BCUT2D eigenvalue weighted by atomic mass is 9.83. The molecule has 0 bridgehead atoms. The molecule has 2 aromatic rings. The molecule has 5 nitrogen and oxygen atoms in total. The molecule has 0 fully saturated rings. The van der Waals surface area contributed by atoms with Gasteiger partial charge in [0, 0.05) is 19.8 Å². The van der Waals surface area contributed by atoms with Gasteiger partial charge in [-0.15, -0.1) is 0 Å². The van der Waals surface area contributed by atoms with E-state index in [1.165, 1.54) is 4.90 Å². The molecule has 1 aliphatic heterocycles. The second-order valence-electron chi connectivity index (χ2n) is 6.22. The number of hydrogen-bond donors (Lipinski definition) is 1. The first-order valence-electron chi connectivity index (χ1n) is 8.46. The summed E-state index contributed by atoms with van der Waals surface area (Å²) in [7, 11) is 1.70. The van der Waals surface area contributed by atoms with Crippen LogP contribution in [0.4, 0.5) is 0 Å². The van der Waals surface area contributed by atoms with Crippen LogP contribution in [0.15, 0.2) is 82.3 Å². The standard InChI is InChI=1S/C21H22N4O/c1-16(13-14-23-2)15-25-19(26)21(24-20(25)22,17-9-5-3-6-10-17)18-11-7-4-8-12-18/h3-14H,15H2,1-2H3,(H2,22,24)/b16-13+,23-14?. The molecule has 0 radical (unpaired) electrons. The van der Waals surface area contributed by atoms with E-state index < -0.39 is 5.54 Å². The number of rotatable bonds is 5. The zero-order chi connectivity index (χ0) is 18.6. The summed E-state index contributed by atoms with van der Waals surface area (Å²) in [5.74, 6) is 0.0810. The Bertz CT molecular complexity index is 830. The number of nitrogens with two attached hydrogens (primary N) is 1. The fourth-order valence-electron chi connectivity index (χ4n) is 3.14. The van der Waals surface area contributed by atoms with Gasteiger partial charge in [-0.05, 0) is 24.1 Å². The average molecular weight is 346 g/mol. The Balaban J connectivity index is 2.08. The molecule has 1 heterocycles. The quantitative estimate of drug-likeness (QED) is 0.846. The summed E-state index contributed by atoms with van der Waals surface area (Å²) in [6, 6.07) is 19.1. The number of guanidine groups is 1. The van der Waals surface area contributed by atoms with Crippen molar-refractivity contribution in [1.82, 2.24) is 4.90 Å². The first-order chi connectivity index (χ1) is 12.6. The lowest BCUT2D eigenvalue weighted by Crippen LogP contribution is -2.44. The predicted octanol–water partition coefficient (Wildman–Crippen LogP) is 2.73. The summed E-state index contributed by atoms with van der Waals surface area (Å²) in [5, 5.41) is 0. The van der Waals surface area contributed by atoms with Crippen LogP contribution < -0.4 is 5.73 Å². The maximum atomic E-state index is 13.5. The number of nitrogens with zero attached hydrogens (tertiary/aromatic N) is 3. The van der Waals surface area contributed by atoms with Gasteiger partial charge >= 0.3 is 0 Å². The minimum Gasteiger partial charge on any atom is -0.369 e. The van der Waals surface area contributed by atoms with E-state index in [4.69, 9.17) is 5.73 Å². The third kappa shape index (κ3) is 3.04. The molecule has 0 aromatic heterocycles. The molecular formula is C21H22N4O. The van der Waals surface area contributed by atoms with Gasteiger partial charge in [0.2, 0.25) is 0 Å². The second kappa shape index (κ2) is 7.35. The fraction of sp³-hybridized carbons (Fsp3) is 0.190. The highest BCUT2D eigenvalue weighted by atomic mass is 16.2. The summed E-state index contributed by atoms with van der Waals surface area (Å²) < 4.78 is 0. The molecule has 1 aliphatic rings. The molecule has 2 aromatic carbocycles. The number of hydrogen-bond acceptors (Lipinski definition) is 4. The summed E-state index contributed by atoms with van der Waals surface area (Å²) in [4.78, 5) is 23.7. The third-order valence-electron chi connectivity index (χ3n) is 4.41. The molecule has 26 heavy (non-hydrogen) atoms. The lowest BCUT2D eigenvalue weighted by molar-refractivity contribution is -0.129.